The van der Waals surface area contributed by atoms with Crippen molar-refractivity contribution in [2.45, 2.75) is 37.4 Å². The molecule has 1 amide bonds. The van der Waals surface area contributed by atoms with E-state index in [1.807, 2.05) is 0 Å². The molecule has 0 bridgehead atoms. The summed E-state index contributed by atoms with van der Waals surface area (Å²) in [5.41, 5.74) is 0.279. The summed E-state index contributed by atoms with van der Waals surface area (Å²) < 4.78 is 42.4. The number of carbonyl (C=O) groups is 1. The van der Waals surface area contributed by atoms with Crippen LogP contribution in [0, 0.1) is 5.82 Å². The minimum Gasteiger partial charge on any atom is -0.494 e. The molecule has 5 nitrogen and oxygen atoms in total. The van der Waals surface area contributed by atoms with Crippen molar-refractivity contribution in [2.24, 2.45) is 0 Å². The van der Waals surface area contributed by atoms with Crippen LogP contribution < -0.4 is 10.1 Å². The molecule has 1 fully saturated rings. The van der Waals surface area contributed by atoms with Gasteiger partial charge in [-0.25, -0.2) is 12.8 Å². The first kappa shape index (κ1) is 16.7. The van der Waals surface area contributed by atoms with Crippen LogP contribution in [-0.2, 0) is 14.6 Å². The Morgan fingerprint density at radius 3 is 2.64 bits per heavy atom. The number of anilines is 1. The number of methoxy groups -OCH3 is 1. The van der Waals surface area contributed by atoms with Gasteiger partial charge in [0.15, 0.2) is 21.4 Å². The van der Waals surface area contributed by atoms with Crippen molar-refractivity contribution >= 4 is 21.4 Å². The summed E-state index contributed by atoms with van der Waals surface area (Å²) in [5, 5.41) is 2.19. The Balaban J connectivity index is 1.89. The fourth-order valence-electron chi connectivity index (χ4n) is 2.62. The Bertz CT molecular complexity index is 639. The van der Waals surface area contributed by atoms with Crippen molar-refractivity contribution in [3.63, 3.8) is 0 Å². The number of hydrogen-bond donors (Lipinski definition) is 1. The number of amides is 1. The molecule has 1 aliphatic carbocycles. The number of ether oxygens (including phenoxy) is 1. The summed E-state index contributed by atoms with van der Waals surface area (Å²) in [4.78, 5) is 11.8. The van der Waals surface area contributed by atoms with Crippen LogP contribution in [0.5, 0.6) is 5.75 Å². The Morgan fingerprint density at radius 1 is 1.36 bits per heavy atom. The maximum absolute atomic E-state index is 13.5. The standard InChI is InChI=1S/C15H20FNO4S/c1-21-14-7-6-11(10-13(14)16)17-15(18)8-9-22(19,20)12-4-2-3-5-12/h6-7,10,12H,2-5,8-9H2,1H3,(H,17,18). The van der Waals surface area contributed by atoms with Gasteiger partial charge in [-0.05, 0) is 25.0 Å². The zero-order valence-electron chi connectivity index (χ0n) is 12.5. The predicted octanol–water partition coefficient (Wildman–Crippen LogP) is 2.52. The number of nitrogens with one attached hydrogen (secondary N) is 1. The van der Waals surface area contributed by atoms with E-state index in [1.165, 1.54) is 19.2 Å². The SMILES string of the molecule is COc1ccc(NC(=O)CCS(=O)(=O)C2CCCC2)cc1F. The van der Waals surface area contributed by atoms with Crippen LogP contribution in [0.1, 0.15) is 32.1 Å². The van der Waals surface area contributed by atoms with Crippen molar-refractivity contribution in [3.05, 3.63) is 24.0 Å². The van der Waals surface area contributed by atoms with Gasteiger partial charge in [-0.3, -0.25) is 4.79 Å². The molecular weight excluding hydrogens is 309 g/mol. The number of sulfone groups is 1. The minimum absolute atomic E-state index is 0.0850. The molecule has 1 aromatic rings. The topological polar surface area (TPSA) is 72.5 Å². The molecule has 0 saturated heterocycles. The van der Waals surface area contributed by atoms with Crippen LogP contribution in [0.15, 0.2) is 18.2 Å². The van der Waals surface area contributed by atoms with Gasteiger partial charge in [0.05, 0.1) is 18.1 Å². The Kier molecular flexibility index (Phi) is 5.39. The number of hydrogen-bond acceptors (Lipinski definition) is 4. The predicted molar refractivity (Wildman–Crippen MR) is 82.2 cm³/mol. The average Bonchev–Trinajstić information content (AvgIpc) is 3.00. The Hall–Kier alpha value is -1.63. The molecule has 22 heavy (non-hydrogen) atoms. The smallest absolute Gasteiger partial charge is 0.225 e. The van der Waals surface area contributed by atoms with Gasteiger partial charge in [0.25, 0.3) is 0 Å². The first-order valence-corrected chi connectivity index (χ1v) is 8.99. The second-order valence-corrected chi connectivity index (χ2v) is 7.82. The van der Waals surface area contributed by atoms with Gasteiger partial charge in [0.1, 0.15) is 0 Å². The molecule has 2 rings (SSSR count). The molecule has 0 radical (unpaired) electrons. The first-order chi connectivity index (χ1) is 10.4. The molecule has 1 aliphatic rings. The highest BCUT2D eigenvalue weighted by atomic mass is 32.2. The molecule has 0 heterocycles. The zero-order chi connectivity index (χ0) is 16.2. The monoisotopic (exact) mass is 329 g/mol. The number of halogens is 1. The van der Waals surface area contributed by atoms with Crippen molar-refractivity contribution in [3.8, 4) is 5.75 Å². The third-order valence-electron chi connectivity index (χ3n) is 3.86. The van der Waals surface area contributed by atoms with E-state index in [-0.39, 0.29) is 28.9 Å². The van der Waals surface area contributed by atoms with E-state index in [0.717, 1.165) is 18.9 Å². The lowest BCUT2D eigenvalue weighted by atomic mass is 10.3. The van der Waals surface area contributed by atoms with Gasteiger partial charge in [0, 0.05) is 18.2 Å². The zero-order valence-corrected chi connectivity index (χ0v) is 13.3. The van der Waals surface area contributed by atoms with E-state index in [1.54, 1.807) is 0 Å². The summed E-state index contributed by atoms with van der Waals surface area (Å²) >= 11 is 0. The van der Waals surface area contributed by atoms with Crippen LogP contribution in [-0.4, -0.2) is 32.4 Å². The number of carbonyl (C=O) groups excluding carboxylic acids is 1. The quantitative estimate of drug-likeness (QED) is 0.870. The van der Waals surface area contributed by atoms with E-state index in [4.69, 9.17) is 4.74 Å². The van der Waals surface area contributed by atoms with E-state index in [2.05, 4.69) is 5.32 Å². The average molecular weight is 329 g/mol. The summed E-state index contributed by atoms with van der Waals surface area (Å²) in [6.07, 6.45) is 3.12. The summed E-state index contributed by atoms with van der Waals surface area (Å²) in [6, 6.07) is 4.05. The van der Waals surface area contributed by atoms with E-state index in [0.29, 0.717) is 12.8 Å². The highest BCUT2D eigenvalue weighted by molar-refractivity contribution is 7.92. The van der Waals surface area contributed by atoms with E-state index < -0.39 is 21.6 Å². The highest BCUT2D eigenvalue weighted by Gasteiger charge is 2.28. The van der Waals surface area contributed by atoms with E-state index in [9.17, 15) is 17.6 Å². The van der Waals surface area contributed by atoms with Crippen LogP contribution in [0.25, 0.3) is 0 Å². The lowest BCUT2D eigenvalue weighted by Gasteiger charge is -2.11. The molecule has 0 spiro atoms. The van der Waals surface area contributed by atoms with Crippen LogP contribution in [0.4, 0.5) is 10.1 Å². The normalized spacial score (nSPS) is 15.7. The molecule has 0 aromatic heterocycles. The van der Waals surface area contributed by atoms with Gasteiger partial charge >= 0.3 is 0 Å². The fraction of sp³-hybridized carbons (Fsp3) is 0.533. The maximum atomic E-state index is 13.5. The van der Waals surface area contributed by atoms with Crippen molar-refractivity contribution < 1.29 is 22.3 Å². The molecule has 1 aromatic carbocycles. The fourth-order valence-corrected chi connectivity index (χ4v) is 4.47. The van der Waals surface area contributed by atoms with Crippen LogP contribution >= 0.6 is 0 Å². The Labute approximate surface area is 129 Å². The third-order valence-corrected chi connectivity index (χ3v) is 6.12. The molecule has 0 aliphatic heterocycles. The minimum atomic E-state index is -3.22. The molecule has 1 N–H and O–H groups in total. The molecule has 0 unspecified atom stereocenters. The van der Waals surface area contributed by atoms with E-state index >= 15 is 0 Å². The van der Waals surface area contributed by atoms with Gasteiger partial charge in [0.2, 0.25) is 5.91 Å². The Morgan fingerprint density at radius 2 is 2.05 bits per heavy atom. The highest BCUT2D eigenvalue weighted by Crippen LogP contribution is 2.25. The number of benzene rings is 1. The van der Waals surface area contributed by atoms with Gasteiger partial charge in [-0.1, -0.05) is 12.8 Å². The lowest BCUT2D eigenvalue weighted by molar-refractivity contribution is -0.115. The summed E-state index contributed by atoms with van der Waals surface area (Å²) in [7, 11) is -1.87. The second kappa shape index (κ2) is 7.09. The van der Waals surface area contributed by atoms with Crippen LogP contribution in [0.2, 0.25) is 0 Å². The molecule has 0 atom stereocenters. The van der Waals surface area contributed by atoms with Crippen molar-refractivity contribution in [1.82, 2.24) is 0 Å². The number of rotatable bonds is 6. The maximum Gasteiger partial charge on any atom is 0.225 e. The largest absolute Gasteiger partial charge is 0.494 e. The lowest BCUT2D eigenvalue weighted by Crippen LogP contribution is -2.24. The van der Waals surface area contributed by atoms with Crippen molar-refractivity contribution in [1.29, 1.82) is 0 Å². The van der Waals surface area contributed by atoms with Gasteiger partial charge < -0.3 is 10.1 Å². The first-order valence-electron chi connectivity index (χ1n) is 7.27. The third kappa shape index (κ3) is 4.19. The molecule has 7 heteroatoms. The second-order valence-electron chi connectivity index (χ2n) is 5.42. The van der Waals surface area contributed by atoms with Gasteiger partial charge in [-0.2, -0.15) is 0 Å². The molecular formula is C15H20FNO4S. The summed E-state index contributed by atoms with van der Waals surface area (Å²) in [5.74, 6) is -1.10. The summed E-state index contributed by atoms with van der Waals surface area (Å²) in [6.45, 7) is 0. The molecule has 1 saturated carbocycles. The van der Waals surface area contributed by atoms with Crippen LogP contribution in [0.3, 0.4) is 0 Å². The molecule has 122 valence electrons. The van der Waals surface area contributed by atoms with Gasteiger partial charge in [-0.15, -0.1) is 0 Å². The van der Waals surface area contributed by atoms with Crippen molar-refractivity contribution in [2.75, 3.05) is 18.2 Å².